The van der Waals surface area contributed by atoms with Crippen LogP contribution in [0.15, 0.2) is 48.6 Å². The number of hydrogen-bond donors (Lipinski definition) is 0. The summed E-state index contributed by atoms with van der Waals surface area (Å²) in [4.78, 5) is 12.6. The quantitative estimate of drug-likeness (QED) is 0.227. The summed E-state index contributed by atoms with van der Waals surface area (Å²) < 4.78 is 5.74. The summed E-state index contributed by atoms with van der Waals surface area (Å²) in [5, 5.41) is 0. The molecular formula is C29H42O2. The van der Waals surface area contributed by atoms with Crippen LogP contribution in [0.2, 0.25) is 0 Å². The third-order valence-electron chi connectivity index (χ3n) is 7.36. The summed E-state index contributed by atoms with van der Waals surface area (Å²) in [5.41, 5.74) is 1.40. The highest BCUT2D eigenvalue weighted by atomic mass is 16.5. The summed E-state index contributed by atoms with van der Waals surface area (Å²) in [5.74, 6) is 2.95. The zero-order valence-electron chi connectivity index (χ0n) is 19.7. The van der Waals surface area contributed by atoms with Gasteiger partial charge in [-0.3, -0.25) is 4.79 Å². The van der Waals surface area contributed by atoms with Crippen molar-refractivity contribution in [2.45, 2.75) is 96.8 Å². The lowest BCUT2D eigenvalue weighted by Gasteiger charge is -2.27. The van der Waals surface area contributed by atoms with Crippen LogP contribution in [0.5, 0.6) is 5.75 Å². The van der Waals surface area contributed by atoms with Gasteiger partial charge < -0.3 is 4.74 Å². The zero-order chi connectivity index (χ0) is 21.9. The monoisotopic (exact) mass is 422 g/mol. The van der Waals surface area contributed by atoms with Crippen molar-refractivity contribution in [2.24, 2.45) is 17.8 Å². The van der Waals surface area contributed by atoms with Crippen molar-refractivity contribution >= 4 is 5.97 Å². The molecule has 0 unspecified atom stereocenters. The van der Waals surface area contributed by atoms with Gasteiger partial charge in [-0.1, -0.05) is 49.8 Å². The third kappa shape index (κ3) is 7.66. The second-order valence-electron chi connectivity index (χ2n) is 9.68. The number of benzene rings is 1. The van der Waals surface area contributed by atoms with Gasteiger partial charge in [0.25, 0.3) is 0 Å². The fraction of sp³-hybridized carbons (Fsp3) is 0.621. The van der Waals surface area contributed by atoms with Crippen LogP contribution < -0.4 is 4.74 Å². The molecular weight excluding hydrogens is 380 g/mol. The van der Waals surface area contributed by atoms with Gasteiger partial charge in [-0.15, -0.1) is 0 Å². The third-order valence-corrected chi connectivity index (χ3v) is 7.36. The van der Waals surface area contributed by atoms with Crippen LogP contribution in [0, 0.1) is 17.8 Å². The highest BCUT2D eigenvalue weighted by Crippen LogP contribution is 2.37. The first-order valence-electron chi connectivity index (χ1n) is 12.8. The van der Waals surface area contributed by atoms with E-state index in [0.717, 1.165) is 37.5 Å². The fourth-order valence-corrected chi connectivity index (χ4v) is 5.29. The van der Waals surface area contributed by atoms with E-state index in [4.69, 9.17) is 4.74 Å². The van der Waals surface area contributed by atoms with Crippen LogP contribution in [0.3, 0.4) is 0 Å². The number of esters is 1. The SMILES string of the molecule is C/C=C/CCC1CCC(C(=O)Oc2ccc(C3CCC(/C=C/CCC)CC3)cc2)CC1. The average Bonchev–Trinajstić information content (AvgIpc) is 2.81. The molecule has 1 aromatic carbocycles. The standard InChI is InChI=1S/C29H42O2/c1-3-5-7-9-23-11-15-25(16-12-23)26-19-21-28(22-20-26)31-29(30)27-17-13-24(14-18-27)10-8-6-4-2/h4,6-7,9,19-25,27H,3,5,8,10-18H2,1-2H3/b6-4+,9-7+. The molecule has 2 aliphatic rings. The summed E-state index contributed by atoms with van der Waals surface area (Å²) in [6, 6.07) is 8.36. The topological polar surface area (TPSA) is 26.3 Å². The lowest BCUT2D eigenvalue weighted by atomic mass is 9.78. The van der Waals surface area contributed by atoms with Crippen molar-refractivity contribution in [1.29, 1.82) is 0 Å². The number of unbranched alkanes of at least 4 members (excludes halogenated alkanes) is 1. The van der Waals surface area contributed by atoms with Gasteiger partial charge in [-0.2, -0.15) is 0 Å². The van der Waals surface area contributed by atoms with Crippen molar-refractivity contribution in [3.63, 3.8) is 0 Å². The summed E-state index contributed by atoms with van der Waals surface area (Å²) in [7, 11) is 0. The van der Waals surface area contributed by atoms with Crippen molar-refractivity contribution < 1.29 is 9.53 Å². The Bertz CT molecular complexity index is 699. The summed E-state index contributed by atoms with van der Waals surface area (Å²) in [6.07, 6.45) is 23.4. The lowest BCUT2D eigenvalue weighted by molar-refractivity contribution is -0.140. The molecule has 0 N–H and O–H groups in total. The van der Waals surface area contributed by atoms with Gasteiger partial charge in [-0.25, -0.2) is 0 Å². The molecule has 0 spiro atoms. The summed E-state index contributed by atoms with van der Waals surface area (Å²) in [6.45, 7) is 4.32. The van der Waals surface area contributed by atoms with Gasteiger partial charge in [0.1, 0.15) is 5.75 Å². The highest BCUT2D eigenvalue weighted by molar-refractivity contribution is 5.75. The predicted molar refractivity (Wildman–Crippen MR) is 130 cm³/mol. The van der Waals surface area contributed by atoms with E-state index in [1.54, 1.807) is 0 Å². The van der Waals surface area contributed by atoms with E-state index >= 15 is 0 Å². The van der Waals surface area contributed by atoms with E-state index in [1.165, 1.54) is 56.9 Å². The van der Waals surface area contributed by atoms with Crippen molar-refractivity contribution in [3.8, 4) is 5.75 Å². The average molecular weight is 423 g/mol. The maximum Gasteiger partial charge on any atom is 0.314 e. The summed E-state index contributed by atoms with van der Waals surface area (Å²) >= 11 is 0. The second kappa shape index (κ2) is 12.9. The number of hydrogen-bond acceptors (Lipinski definition) is 2. The molecule has 0 aliphatic heterocycles. The molecule has 0 amide bonds. The van der Waals surface area contributed by atoms with Crippen LogP contribution in [0.25, 0.3) is 0 Å². The molecule has 1 aromatic rings. The molecule has 0 bridgehead atoms. The molecule has 0 heterocycles. The maximum atomic E-state index is 12.6. The normalized spacial score (nSPS) is 27.0. The molecule has 0 saturated heterocycles. The van der Waals surface area contributed by atoms with Crippen molar-refractivity contribution in [2.75, 3.05) is 0 Å². The van der Waals surface area contributed by atoms with Gasteiger partial charge in [0.15, 0.2) is 0 Å². The Labute approximate surface area is 190 Å². The molecule has 170 valence electrons. The van der Waals surface area contributed by atoms with Crippen molar-refractivity contribution in [3.05, 3.63) is 54.1 Å². The van der Waals surface area contributed by atoms with Gasteiger partial charge in [0.2, 0.25) is 0 Å². The van der Waals surface area contributed by atoms with Gasteiger partial charge in [0.05, 0.1) is 5.92 Å². The molecule has 3 rings (SSSR count). The molecule has 0 atom stereocenters. The Hall–Kier alpha value is -1.83. The number of rotatable bonds is 9. The Morgan fingerprint density at radius 3 is 2.29 bits per heavy atom. The largest absolute Gasteiger partial charge is 0.426 e. The Morgan fingerprint density at radius 2 is 1.65 bits per heavy atom. The lowest BCUT2D eigenvalue weighted by Crippen LogP contribution is -2.25. The van der Waals surface area contributed by atoms with Gasteiger partial charge in [-0.05, 0) is 113 Å². The number of carbonyl (C=O) groups excluding carboxylic acids is 1. The Kier molecular flexibility index (Phi) is 9.90. The van der Waals surface area contributed by atoms with Gasteiger partial charge >= 0.3 is 5.97 Å². The number of allylic oxidation sites excluding steroid dienone is 4. The number of carbonyl (C=O) groups is 1. The van der Waals surface area contributed by atoms with Crippen LogP contribution in [0.4, 0.5) is 0 Å². The van der Waals surface area contributed by atoms with E-state index in [2.05, 4.69) is 50.3 Å². The number of ether oxygens (including phenoxy) is 1. The Balaban J connectivity index is 1.41. The Morgan fingerprint density at radius 1 is 0.935 bits per heavy atom. The molecule has 0 radical (unpaired) electrons. The van der Waals surface area contributed by atoms with E-state index in [1.807, 2.05) is 12.1 Å². The van der Waals surface area contributed by atoms with Gasteiger partial charge in [0, 0.05) is 0 Å². The van der Waals surface area contributed by atoms with Crippen LogP contribution in [-0.2, 0) is 4.79 Å². The highest BCUT2D eigenvalue weighted by Gasteiger charge is 2.27. The van der Waals surface area contributed by atoms with E-state index in [0.29, 0.717) is 11.7 Å². The predicted octanol–water partition coefficient (Wildman–Crippen LogP) is 8.38. The second-order valence-corrected chi connectivity index (χ2v) is 9.68. The molecule has 2 heteroatoms. The van der Waals surface area contributed by atoms with E-state index < -0.39 is 0 Å². The first kappa shape index (κ1) is 23.8. The van der Waals surface area contributed by atoms with Crippen molar-refractivity contribution in [1.82, 2.24) is 0 Å². The molecule has 31 heavy (non-hydrogen) atoms. The minimum atomic E-state index is -0.0287. The molecule has 0 aromatic heterocycles. The molecule has 2 nitrogen and oxygen atoms in total. The minimum absolute atomic E-state index is 0.0287. The maximum absolute atomic E-state index is 12.6. The molecule has 2 saturated carbocycles. The van der Waals surface area contributed by atoms with Crippen LogP contribution >= 0.6 is 0 Å². The fourth-order valence-electron chi connectivity index (χ4n) is 5.29. The first-order chi connectivity index (χ1) is 15.2. The molecule has 2 fully saturated rings. The smallest absolute Gasteiger partial charge is 0.314 e. The minimum Gasteiger partial charge on any atom is -0.426 e. The van der Waals surface area contributed by atoms with Crippen LogP contribution in [-0.4, -0.2) is 5.97 Å². The van der Waals surface area contributed by atoms with E-state index in [-0.39, 0.29) is 11.9 Å². The van der Waals surface area contributed by atoms with Crippen LogP contribution in [0.1, 0.15) is 102 Å². The zero-order valence-corrected chi connectivity index (χ0v) is 19.7. The molecule has 2 aliphatic carbocycles. The van der Waals surface area contributed by atoms with E-state index in [9.17, 15) is 4.79 Å². The first-order valence-corrected chi connectivity index (χ1v) is 12.8.